The summed E-state index contributed by atoms with van der Waals surface area (Å²) in [5.74, 6) is 0.785. The fourth-order valence-corrected chi connectivity index (χ4v) is 2.71. The monoisotopic (exact) mass is 359 g/mol. The molecule has 2 rings (SSSR count). The first-order chi connectivity index (χ1) is 12.2. The number of nitrogens with one attached hydrogen (secondary N) is 2. The molecule has 0 saturated heterocycles. The van der Waals surface area contributed by atoms with Crippen LogP contribution in [-0.4, -0.2) is 26.2 Å². The number of ether oxygens (including phenoxy) is 1. The van der Waals surface area contributed by atoms with Crippen LogP contribution in [0.15, 0.2) is 53.5 Å². The number of rotatable bonds is 8. The summed E-state index contributed by atoms with van der Waals surface area (Å²) in [5.41, 5.74) is 3.62. The maximum Gasteiger partial charge on any atom is 0.191 e. The van der Waals surface area contributed by atoms with Crippen LogP contribution in [0.2, 0.25) is 5.02 Å². The molecule has 0 unspecified atom stereocenters. The average molecular weight is 360 g/mol. The predicted molar refractivity (Wildman–Crippen MR) is 105 cm³/mol. The van der Waals surface area contributed by atoms with Crippen LogP contribution in [0.25, 0.3) is 0 Å². The Bertz CT molecular complexity index is 688. The Balaban J connectivity index is 1.82. The van der Waals surface area contributed by atoms with Crippen LogP contribution in [0.3, 0.4) is 0 Å². The second-order valence-corrected chi connectivity index (χ2v) is 6.07. The topological polar surface area (TPSA) is 45.6 Å². The van der Waals surface area contributed by atoms with Crippen molar-refractivity contribution < 1.29 is 4.74 Å². The van der Waals surface area contributed by atoms with Crippen molar-refractivity contribution in [3.8, 4) is 0 Å². The average Bonchev–Trinajstić information content (AvgIpc) is 2.63. The van der Waals surface area contributed by atoms with Crippen LogP contribution < -0.4 is 10.6 Å². The Morgan fingerprint density at radius 3 is 2.60 bits per heavy atom. The third-order valence-electron chi connectivity index (χ3n) is 3.85. The van der Waals surface area contributed by atoms with Crippen molar-refractivity contribution in [3.05, 3.63) is 70.2 Å². The third kappa shape index (κ3) is 6.77. The lowest BCUT2D eigenvalue weighted by Gasteiger charge is -2.14. The molecule has 0 aliphatic rings. The van der Waals surface area contributed by atoms with E-state index >= 15 is 0 Å². The van der Waals surface area contributed by atoms with Crippen LogP contribution in [0, 0.1) is 0 Å². The first-order valence-electron chi connectivity index (χ1n) is 8.56. The van der Waals surface area contributed by atoms with Gasteiger partial charge in [0.1, 0.15) is 0 Å². The zero-order valence-electron chi connectivity index (χ0n) is 14.9. The fourth-order valence-electron chi connectivity index (χ4n) is 2.50. The van der Waals surface area contributed by atoms with E-state index in [1.807, 2.05) is 37.3 Å². The molecule has 5 heteroatoms. The molecule has 0 amide bonds. The Kier molecular flexibility index (Phi) is 8.29. The summed E-state index contributed by atoms with van der Waals surface area (Å²) < 4.78 is 5.53. The molecule has 0 aliphatic carbocycles. The maximum absolute atomic E-state index is 6.02. The molecule has 0 aliphatic heterocycles. The first kappa shape index (κ1) is 19.3. The lowest BCUT2D eigenvalue weighted by molar-refractivity contribution is 0.133. The Morgan fingerprint density at radius 1 is 1.08 bits per heavy atom. The molecule has 0 aromatic heterocycles. The van der Waals surface area contributed by atoms with E-state index in [9.17, 15) is 0 Å². The number of halogens is 1. The molecule has 0 spiro atoms. The zero-order valence-corrected chi connectivity index (χ0v) is 15.6. The minimum absolute atomic E-state index is 0.634. The van der Waals surface area contributed by atoms with Crippen molar-refractivity contribution in [2.45, 2.75) is 26.5 Å². The van der Waals surface area contributed by atoms with E-state index in [0.717, 1.165) is 23.9 Å². The van der Waals surface area contributed by atoms with Gasteiger partial charge < -0.3 is 15.4 Å². The number of benzene rings is 2. The summed E-state index contributed by atoms with van der Waals surface area (Å²) in [6.45, 7) is 4.86. The number of hydrogen-bond acceptors (Lipinski definition) is 2. The van der Waals surface area contributed by atoms with Gasteiger partial charge in [0, 0.05) is 31.8 Å². The lowest BCUT2D eigenvalue weighted by atomic mass is 10.1. The molecule has 4 nitrogen and oxygen atoms in total. The van der Waals surface area contributed by atoms with Crippen molar-refractivity contribution in [2.24, 2.45) is 4.99 Å². The van der Waals surface area contributed by atoms with Crippen molar-refractivity contribution in [2.75, 3.05) is 20.2 Å². The molecule has 0 fully saturated rings. The molecule has 0 atom stereocenters. The van der Waals surface area contributed by atoms with E-state index in [4.69, 9.17) is 16.3 Å². The molecule has 0 saturated carbocycles. The zero-order chi connectivity index (χ0) is 17.9. The minimum atomic E-state index is 0.634. The van der Waals surface area contributed by atoms with Gasteiger partial charge >= 0.3 is 0 Å². The van der Waals surface area contributed by atoms with Crippen molar-refractivity contribution in [3.63, 3.8) is 0 Å². The molecule has 134 valence electrons. The molecular weight excluding hydrogens is 334 g/mol. The summed E-state index contributed by atoms with van der Waals surface area (Å²) in [6, 6.07) is 16.2. The van der Waals surface area contributed by atoms with Gasteiger partial charge in [-0.3, -0.25) is 4.99 Å². The summed E-state index contributed by atoms with van der Waals surface area (Å²) in [6.07, 6.45) is 0.891. The number of aliphatic imine (C=N–C) groups is 1. The summed E-state index contributed by atoms with van der Waals surface area (Å²) in [5, 5.41) is 7.46. The van der Waals surface area contributed by atoms with Gasteiger partial charge in [0.2, 0.25) is 0 Å². The molecule has 2 aromatic carbocycles. The first-order valence-corrected chi connectivity index (χ1v) is 8.94. The number of nitrogens with zero attached hydrogens (tertiary/aromatic N) is 1. The van der Waals surface area contributed by atoms with Crippen molar-refractivity contribution in [1.82, 2.24) is 10.6 Å². The molecule has 25 heavy (non-hydrogen) atoms. The summed E-state index contributed by atoms with van der Waals surface area (Å²) in [7, 11) is 1.78. The second-order valence-electron chi connectivity index (χ2n) is 5.64. The molecule has 2 N–H and O–H groups in total. The van der Waals surface area contributed by atoms with Crippen LogP contribution in [0.1, 0.15) is 23.6 Å². The van der Waals surface area contributed by atoms with E-state index in [-0.39, 0.29) is 0 Å². The van der Waals surface area contributed by atoms with Gasteiger partial charge in [0.15, 0.2) is 5.96 Å². The van der Waals surface area contributed by atoms with E-state index in [0.29, 0.717) is 19.8 Å². The summed E-state index contributed by atoms with van der Waals surface area (Å²) in [4.78, 5) is 4.28. The highest BCUT2D eigenvalue weighted by atomic mass is 35.5. The minimum Gasteiger partial charge on any atom is -0.377 e. The maximum atomic E-state index is 6.02. The molecule has 0 bridgehead atoms. The summed E-state index contributed by atoms with van der Waals surface area (Å²) >= 11 is 6.02. The second kappa shape index (κ2) is 10.7. The van der Waals surface area contributed by atoms with Gasteiger partial charge in [-0.1, -0.05) is 48.0 Å². The van der Waals surface area contributed by atoms with Crippen LogP contribution in [0.5, 0.6) is 0 Å². The van der Waals surface area contributed by atoms with Gasteiger partial charge in [-0.2, -0.15) is 0 Å². The normalized spacial score (nSPS) is 11.4. The predicted octanol–water partition coefficient (Wildman–Crippen LogP) is 3.78. The Hall–Kier alpha value is -2.04. The standard InChI is InChI=1S/C20H26ClN3O/c1-3-25-15-18-9-5-4-8-17(18)14-24-20(22-2)23-12-11-16-7-6-10-19(21)13-16/h4-10,13H,3,11-12,14-15H2,1-2H3,(H2,22,23,24). The quantitative estimate of drug-likeness (QED) is 0.557. The van der Waals surface area contributed by atoms with Gasteiger partial charge in [-0.05, 0) is 42.2 Å². The fraction of sp³-hybridized carbons (Fsp3) is 0.350. The third-order valence-corrected chi connectivity index (χ3v) is 4.08. The lowest BCUT2D eigenvalue weighted by Crippen LogP contribution is -2.38. The number of hydrogen-bond donors (Lipinski definition) is 2. The van der Waals surface area contributed by atoms with Gasteiger partial charge in [-0.15, -0.1) is 0 Å². The smallest absolute Gasteiger partial charge is 0.191 e. The highest BCUT2D eigenvalue weighted by Crippen LogP contribution is 2.11. The molecular formula is C20H26ClN3O. The van der Waals surface area contributed by atoms with E-state index in [1.165, 1.54) is 16.7 Å². The Morgan fingerprint density at radius 2 is 1.88 bits per heavy atom. The van der Waals surface area contributed by atoms with Crippen molar-refractivity contribution in [1.29, 1.82) is 0 Å². The van der Waals surface area contributed by atoms with E-state index in [1.54, 1.807) is 7.05 Å². The highest BCUT2D eigenvalue weighted by Gasteiger charge is 2.04. The number of guanidine groups is 1. The van der Waals surface area contributed by atoms with Gasteiger partial charge in [0.05, 0.1) is 6.61 Å². The molecule has 0 radical (unpaired) electrons. The molecule has 0 heterocycles. The van der Waals surface area contributed by atoms with E-state index < -0.39 is 0 Å². The van der Waals surface area contributed by atoms with Gasteiger partial charge in [0.25, 0.3) is 0 Å². The van der Waals surface area contributed by atoms with Crippen LogP contribution in [-0.2, 0) is 24.3 Å². The Labute approximate surface area is 155 Å². The highest BCUT2D eigenvalue weighted by molar-refractivity contribution is 6.30. The van der Waals surface area contributed by atoms with Crippen molar-refractivity contribution >= 4 is 17.6 Å². The molecule has 2 aromatic rings. The SMILES string of the molecule is CCOCc1ccccc1CNC(=NC)NCCc1cccc(Cl)c1. The van der Waals surface area contributed by atoms with Crippen LogP contribution >= 0.6 is 11.6 Å². The largest absolute Gasteiger partial charge is 0.377 e. The van der Waals surface area contributed by atoms with Crippen LogP contribution in [0.4, 0.5) is 0 Å². The van der Waals surface area contributed by atoms with E-state index in [2.05, 4.69) is 33.8 Å². The van der Waals surface area contributed by atoms with Gasteiger partial charge in [-0.25, -0.2) is 0 Å².